The van der Waals surface area contributed by atoms with Gasteiger partial charge in [0.05, 0.1) is 8.07 Å². The van der Waals surface area contributed by atoms with Crippen LogP contribution in [0.15, 0.2) is 42.5 Å². The van der Waals surface area contributed by atoms with E-state index in [0.29, 0.717) is 15.8 Å². The molecular formula is C16H16ClF3O3SSi. The molecule has 0 heterocycles. The van der Waals surface area contributed by atoms with Gasteiger partial charge in [0.25, 0.3) is 0 Å². The van der Waals surface area contributed by atoms with Gasteiger partial charge in [-0.15, -0.1) is 0 Å². The summed E-state index contributed by atoms with van der Waals surface area (Å²) in [6.45, 7) is 5.67. The van der Waals surface area contributed by atoms with E-state index in [1.54, 1.807) is 36.4 Å². The van der Waals surface area contributed by atoms with Crippen molar-refractivity contribution >= 4 is 35.0 Å². The molecule has 0 saturated carbocycles. The minimum Gasteiger partial charge on any atom is -0.375 e. The molecule has 2 aromatic rings. The van der Waals surface area contributed by atoms with Gasteiger partial charge < -0.3 is 4.18 Å². The Morgan fingerprint density at radius 2 is 1.56 bits per heavy atom. The standard InChI is InChI=1S/C16H16ClF3O3SSi/c1-25(2,3)14-6-4-5-13(11-7-9-12(17)10-8-11)15(14)23-24(21,22)16(18,19)20/h4-10H,1-3H3. The number of halogens is 4. The summed E-state index contributed by atoms with van der Waals surface area (Å²) >= 11 is 5.84. The molecule has 0 radical (unpaired) electrons. The summed E-state index contributed by atoms with van der Waals surface area (Å²) in [5.41, 5.74) is -4.72. The van der Waals surface area contributed by atoms with Gasteiger partial charge in [0.15, 0.2) is 0 Å². The van der Waals surface area contributed by atoms with Gasteiger partial charge in [-0.3, -0.25) is 0 Å². The molecule has 0 N–H and O–H groups in total. The fraction of sp³-hybridized carbons (Fsp3) is 0.250. The van der Waals surface area contributed by atoms with E-state index in [2.05, 4.69) is 4.18 Å². The number of hydrogen-bond acceptors (Lipinski definition) is 3. The Labute approximate surface area is 150 Å². The van der Waals surface area contributed by atoms with Gasteiger partial charge in [-0.25, -0.2) is 0 Å². The second kappa shape index (κ2) is 6.66. The van der Waals surface area contributed by atoms with Crippen LogP contribution in [0.4, 0.5) is 13.2 Å². The molecule has 0 atom stereocenters. The third kappa shape index (κ3) is 4.37. The van der Waals surface area contributed by atoms with Crippen LogP contribution in [0.1, 0.15) is 0 Å². The number of para-hydroxylation sites is 1. The van der Waals surface area contributed by atoms with Gasteiger partial charge in [0.1, 0.15) is 5.75 Å². The van der Waals surface area contributed by atoms with Crippen LogP contribution < -0.4 is 9.37 Å². The molecule has 0 aromatic heterocycles. The highest BCUT2D eigenvalue weighted by atomic mass is 35.5. The van der Waals surface area contributed by atoms with E-state index >= 15 is 0 Å². The van der Waals surface area contributed by atoms with Crippen molar-refractivity contribution in [3.63, 3.8) is 0 Å². The number of rotatable bonds is 4. The predicted molar refractivity (Wildman–Crippen MR) is 95.5 cm³/mol. The van der Waals surface area contributed by atoms with Crippen molar-refractivity contribution in [2.24, 2.45) is 0 Å². The topological polar surface area (TPSA) is 43.4 Å². The molecule has 0 aliphatic rings. The fourth-order valence-corrected chi connectivity index (χ4v) is 4.39. The Bertz CT molecular complexity index is 873. The van der Waals surface area contributed by atoms with E-state index in [4.69, 9.17) is 11.6 Å². The highest BCUT2D eigenvalue weighted by Crippen LogP contribution is 2.35. The summed E-state index contributed by atoms with van der Waals surface area (Å²) in [5, 5.41) is 0.934. The van der Waals surface area contributed by atoms with Crippen LogP contribution in [-0.2, 0) is 10.1 Å². The Balaban J connectivity index is 2.71. The fourth-order valence-electron chi connectivity index (χ4n) is 2.23. The molecule has 0 unspecified atom stereocenters. The van der Waals surface area contributed by atoms with Gasteiger partial charge >= 0.3 is 15.6 Å². The number of alkyl halides is 3. The first-order valence-electron chi connectivity index (χ1n) is 7.23. The van der Waals surface area contributed by atoms with E-state index in [0.717, 1.165) is 0 Å². The Hall–Kier alpha value is -1.51. The Kier molecular flexibility index (Phi) is 5.28. The number of benzene rings is 2. The smallest absolute Gasteiger partial charge is 0.375 e. The largest absolute Gasteiger partial charge is 0.534 e. The van der Waals surface area contributed by atoms with Crippen molar-refractivity contribution < 1.29 is 25.8 Å². The molecule has 0 fully saturated rings. The Morgan fingerprint density at radius 1 is 1.00 bits per heavy atom. The molecule has 0 amide bonds. The maximum Gasteiger partial charge on any atom is 0.534 e. The molecule has 9 heteroatoms. The van der Waals surface area contributed by atoms with E-state index in [-0.39, 0.29) is 11.3 Å². The zero-order chi connectivity index (χ0) is 19.0. The SMILES string of the molecule is C[Si](C)(C)c1cccc(-c2ccc(Cl)cc2)c1OS(=O)(=O)C(F)(F)F. The maximum absolute atomic E-state index is 12.8. The van der Waals surface area contributed by atoms with Crippen LogP contribution in [0.3, 0.4) is 0 Å². The lowest BCUT2D eigenvalue weighted by Gasteiger charge is -2.23. The van der Waals surface area contributed by atoms with E-state index in [9.17, 15) is 21.6 Å². The second-order valence-corrected chi connectivity index (χ2v) is 13.4. The van der Waals surface area contributed by atoms with Crippen LogP contribution in [0.25, 0.3) is 11.1 Å². The van der Waals surface area contributed by atoms with Crippen molar-refractivity contribution in [1.82, 2.24) is 0 Å². The van der Waals surface area contributed by atoms with Crippen LogP contribution in [-0.4, -0.2) is 22.0 Å². The third-order valence-corrected chi connectivity index (χ3v) is 6.67. The van der Waals surface area contributed by atoms with Crippen molar-refractivity contribution in [1.29, 1.82) is 0 Å². The third-order valence-electron chi connectivity index (χ3n) is 3.45. The molecule has 0 aliphatic heterocycles. The van der Waals surface area contributed by atoms with E-state index in [1.807, 2.05) is 19.6 Å². The summed E-state index contributed by atoms with van der Waals surface area (Å²) in [5.74, 6) is -0.277. The lowest BCUT2D eigenvalue weighted by atomic mass is 10.1. The summed E-state index contributed by atoms with van der Waals surface area (Å²) in [6.07, 6.45) is 0. The zero-order valence-electron chi connectivity index (χ0n) is 13.7. The van der Waals surface area contributed by atoms with Gasteiger partial charge in [0.2, 0.25) is 0 Å². The molecule has 3 nitrogen and oxygen atoms in total. The summed E-state index contributed by atoms with van der Waals surface area (Å²) < 4.78 is 66.2. The Morgan fingerprint density at radius 3 is 2.04 bits per heavy atom. The van der Waals surface area contributed by atoms with Crippen molar-refractivity contribution in [3.05, 3.63) is 47.5 Å². The monoisotopic (exact) mass is 408 g/mol. The van der Waals surface area contributed by atoms with Gasteiger partial charge in [-0.1, -0.05) is 61.6 Å². The van der Waals surface area contributed by atoms with E-state index < -0.39 is 23.7 Å². The molecule has 136 valence electrons. The van der Waals surface area contributed by atoms with E-state index in [1.165, 1.54) is 6.07 Å². The van der Waals surface area contributed by atoms with Crippen molar-refractivity contribution in [3.8, 4) is 16.9 Å². The van der Waals surface area contributed by atoms with Gasteiger partial charge in [-0.2, -0.15) is 21.6 Å². The first kappa shape index (κ1) is 19.8. The highest BCUT2D eigenvalue weighted by Gasteiger charge is 2.49. The summed E-state index contributed by atoms with van der Waals surface area (Å²) in [7, 11) is -7.97. The second-order valence-electron chi connectivity index (χ2n) is 6.42. The first-order chi connectivity index (χ1) is 11.3. The van der Waals surface area contributed by atoms with Crippen molar-refractivity contribution in [2.45, 2.75) is 25.1 Å². The van der Waals surface area contributed by atoms with Crippen LogP contribution in [0, 0.1) is 0 Å². The minimum absolute atomic E-state index is 0.268. The van der Waals surface area contributed by atoms with Gasteiger partial charge in [-0.05, 0) is 22.9 Å². The molecule has 0 saturated heterocycles. The molecule has 25 heavy (non-hydrogen) atoms. The molecule has 2 aromatic carbocycles. The molecule has 0 spiro atoms. The highest BCUT2D eigenvalue weighted by molar-refractivity contribution is 7.88. The maximum atomic E-state index is 12.8. The van der Waals surface area contributed by atoms with Crippen LogP contribution in [0.2, 0.25) is 24.7 Å². The molecule has 0 aliphatic carbocycles. The number of hydrogen-bond donors (Lipinski definition) is 0. The van der Waals surface area contributed by atoms with Crippen LogP contribution >= 0.6 is 11.6 Å². The lowest BCUT2D eigenvalue weighted by Crippen LogP contribution is -2.40. The average Bonchev–Trinajstić information content (AvgIpc) is 2.46. The quantitative estimate of drug-likeness (QED) is 0.415. The van der Waals surface area contributed by atoms with Crippen molar-refractivity contribution in [2.75, 3.05) is 0 Å². The zero-order valence-corrected chi connectivity index (χ0v) is 16.3. The normalized spacial score (nSPS) is 12.9. The predicted octanol–water partition coefficient (Wildman–Crippen LogP) is 4.78. The molecule has 0 bridgehead atoms. The lowest BCUT2D eigenvalue weighted by molar-refractivity contribution is -0.0499. The average molecular weight is 409 g/mol. The molecular weight excluding hydrogens is 393 g/mol. The molecule has 2 rings (SSSR count). The minimum atomic E-state index is -5.78. The summed E-state index contributed by atoms with van der Waals surface area (Å²) in [4.78, 5) is 0. The van der Waals surface area contributed by atoms with Gasteiger partial charge in [0, 0.05) is 10.6 Å². The van der Waals surface area contributed by atoms with Crippen LogP contribution in [0.5, 0.6) is 5.75 Å². The summed E-state index contributed by atoms with van der Waals surface area (Å²) in [6, 6.07) is 11.1. The first-order valence-corrected chi connectivity index (χ1v) is 12.5.